The highest BCUT2D eigenvalue weighted by atomic mass is 79.9. The predicted molar refractivity (Wildman–Crippen MR) is 62.7 cm³/mol. The van der Waals surface area contributed by atoms with Crippen molar-refractivity contribution in [1.29, 1.82) is 0 Å². The number of hydrogen-bond acceptors (Lipinski definition) is 4. The first-order valence-electron chi connectivity index (χ1n) is 4.00. The molecule has 0 bridgehead atoms. The Balaban J connectivity index is 2.46. The number of thiocarbonyl (C=S) groups is 1. The number of aromatic nitrogens is 4. The number of halogens is 1. The van der Waals surface area contributed by atoms with Gasteiger partial charge in [-0.1, -0.05) is 12.2 Å². The molecule has 0 aliphatic rings. The van der Waals surface area contributed by atoms with E-state index in [2.05, 4.69) is 31.0 Å². The van der Waals surface area contributed by atoms with Crippen molar-refractivity contribution < 1.29 is 0 Å². The monoisotopic (exact) mass is 283 g/mol. The van der Waals surface area contributed by atoms with Crippen LogP contribution < -0.4 is 5.73 Å². The molecule has 2 aromatic heterocycles. The highest BCUT2D eigenvalue weighted by molar-refractivity contribution is 9.10. The van der Waals surface area contributed by atoms with Gasteiger partial charge in [-0.2, -0.15) is 0 Å². The van der Waals surface area contributed by atoms with Crippen LogP contribution in [0.2, 0.25) is 0 Å². The molecular weight excluding hydrogens is 278 g/mol. The van der Waals surface area contributed by atoms with Crippen LogP contribution in [0.25, 0.3) is 5.69 Å². The molecule has 0 saturated carbocycles. The van der Waals surface area contributed by atoms with Gasteiger partial charge in [0.2, 0.25) is 5.82 Å². The Morgan fingerprint density at radius 2 is 2.33 bits per heavy atom. The van der Waals surface area contributed by atoms with Gasteiger partial charge < -0.3 is 5.73 Å². The molecule has 2 N–H and O–H groups in total. The summed E-state index contributed by atoms with van der Waals surface area (Å²) in [7, 11) is 0. The van der Waals surface area contributed by atoms with E-state index in [1.54, 1.807) is 23.4 Å². The fraction of sp³-hybridized carbons (Fsp3) is 0. The molecular formula is C8H6BrN5S. The maximum Gasteiger partial charge on any atom is 0.208 e. The molecule has 7 heteroatoms. The molecule has 0 aromatic carbocycles. The first kappa shape index (κ1) is 10.2. The summed E-state index contributed by atoms with van der Waals surface area (Å²) in [4.78, 5) is 8.11. The molecule has 0 aliphatic carbocycles. The first-order valence-corrected chi connectivity index (χ1v) is 5.20. The Morgan fingerprint density at radius 3 is 2.93 bits per heavy atom. The van der Waals surface area contributed by atoms with Gasteiger partial charge in [0, 0.05) is 12.4 Å². The van der Waals surface area contributed by atoms with Gasteiger partial charge >= 0.3 is 0 Å². The molecule has 2 rings (SSSR count). The average Bonchev–Trinajstić information content (AvgIpc) is 2.67. The van der Waals surface area contributed by atoms with Gasteiger partial charge in [0.05, 0.1) is 10.2 Å². The van der Waals surface area contributed by atoms with E-state index in [0.717, 1.165) is 10.2 Å². The Morgan fingerprint density at radius 1 is 1.53 bits per heavy atom. The number of nitrogens with two attached hydrogens (primary N) is 1. The van der Waals surface area contributed by atoms with Gasteiger partial charge in [-0.3, -0.25) is 4.98 Å². The summed E-state index contributed by atoms with van der Waals surface area (Å²) in [6.45, 7) is 0. The van der Waals surface area contributed by atoms with Crippen LogP contribution >= 0.6 is 28.1 Å². The van der Waals surface area contributed by atoms with E-state index in [1.165, 1.54) is 0 Å². The number of rotatable bonds is 2. The Bertz CT molecular complexity index is 509. The lowest BCUT2D eigenvalue weighted by Crippen LogP contribution is -2.12. The second-order valence-corrected chi connectivity index (χ2v) is 4.00. The minimum Gasteiger partial charge on any atom is -0.387 e. The fourth-order valence-electron chi connectivity index (χ4n) is 1.05. The van der Waals surface area contributed by atoms with Gasteiger partial charge in [-0.15, -0.1) is 5.10 Å². The second-order valence-electron chi connectivity index (χ2n) is 2.70. The Hall–Kier alpha value is -1.34. The predicted octanol–water partition coefficient (Wildman–Crippen LogP) is 1.06. The molecule has 0 aliphatic heterocycles. The number of nitrogens with zero attached hydrogens (tertiary/aromatic N) is 4. The third kappa shape index (κ3) is 2.02. The molecule has 0 spiro atoms. The summed E-state index contributed by atoms with van der Waals surface area (Å²) in [5, 5.41) is 4.12. The zero-order valence-corrected chi connectivity index (χ0v) is 9.86. The van der Waals surface area contributed by atoms with Gasteiger partial charge in [-0.05, 0) is 22.0 Å². The molecule has 0 unspecified atom stereocenters. The first-order chi connectivity index (χ1) is 7.18. The molecule has 0 saturated heterocycles. The standard InChI is InChI=1S/C8H6BrN5S/c9-5-3-11-2-1-6(5)14-4-12-8(13-14)7(10)15/h1-4H,(H2,10,15). The zero-order chi connectivity index (χ0) is 10.8. The molecule has 0 fully saturated rings. The summed E-state index contributed by atoms with van der Waals surface area (Å²) in [6, 6.07) is 1.81. The lowest BCUT2D eigenvalue weighted by atomic mass is 10.4. The molecule has 0 amide bonds. The van der Waals surface area contributed by atoms with E-state index < -0.39 is 0 Å². The quantitative estimate of drug-likeness (QED) is 0.835. The molecule has 2 aromatic rings. The summed E-state index contributed by atoms with van der Waals surface area (Å²) < 4.78 is 2.41. The second kappa shape index (κ2) is 4.03. The average molecular weight is 284 g/mol. The fourth-order valence-corrected chi connectivity index (χ4v) is 1.57. The third-order valence-electron chi connectivity index (χ3n) is 1.71. The maximum absolute atomic E-state index is 5.41. The van der Waals surface area contributed by atoms with Crippen molar-refractivity contribution >= 4 is 33.1 Å². The van der Waals surface area contributed by atoms with Crippen LogP contribution in [0.3, 0.4) is 0 Å². The maximum atomic E-state index is 5.41. The van der Waals surface area contributed by atoms with Crippen LogP contribution in [-0.4, -0.2) is 24.7 Å². The number of pyridine rings is 1. The van der Waals surface area contributed by atoms with Crippen molar-refractivity contribution in [2.75, 3.05) is 0 Å². The molecule has 0 radical (unpaired) electrons. The Kier molecular flexibility index (Phi) is 2.74. The molecule has 0 atom stereocenters. The molecule has 76 valence electrons. The van der Waals surface area contributed by atoms with Crippen molar-refractivity contribution in [3.05, 3.63) is 35.1 Å². The highest BCUT2D eigenvalue weighted by Crippen LogP contribution is 2.17. The van der Waals surface area contributed by atoms with Crippen LogP contribution in [0.15, 0.2) is 29.3 Å². The lowest BCUT2D eigenvalue weighted by Gasteiger charge is -2.01. The van der Waals surface area contributed by atoms with Gasteiger partial charge in [0.15, 0.2) is 0 Å². The van der Waals surface area contributed by atoms with Crippen molar-refractivity contribution in [3.63, 3.8) is 0 Å². The normalized spacial score (nSPS) is 10.2. The van der Waals surface area contributed by atoms with Crippen LogP contribution in [0.1, 0.15) is 5.82 Å². The van der Waals surface area contributed by atoms with Crippen molar-refractivity contribution in [3.8, 4) is 5.69 Å². The highest BCUT2D eigenvalue weighted by Gasteiger charge is 2.07. The van der Waals surface area contributed by atoms with Crippen molar-refractivity contribution in [2.45, 2.75) is 0 Å². The largest absolute Gasteiger partial charge is 0.387 e. The number of hydrogen-bond donors (Lipinski definition) is 1. The molecule has 15 heavy (non-hydrogen) atoms. The molecule has 2 heterocycles. The van der Waals surface area contributed by atoms with E-state index in [1.807, 2.05) is 6.07 Å². The van der Waals surface area contributed by atoms with E-state index in [0.29, 0.717) is 5.82 Å². The van der Waals surface area contributed by atoms with E-state index in [-0.39, 0.29) is 4.99 Å². The minimum absolute atomic E-state index is 0.180. The summed E-state index contributed by atoms with van der Waals surface area (Å²) >= 11 is 8.14. The zero-order valence-electron chi connectivity index (χ0n) is 7.46. The smallest absolute Gasteiger partial charge is 0.208 e. The van der Waals surface area contributed by atoms with Crippen LogP contribution in [-0.2, 0) is 0 Å². The van der Waals surface area contributed by atoms with Crippen LogP contribution in [0.5, 0.6) is 0 Å². The summed E-state index contributed by atoms with van der Waals surface area (Å²) in [5.74, 6) is 0.355. The van der Waals surface area contributed by atoms with Crippen LogP contribution in [0.4, 0.5) is 0 Å². The van der Waals surface area contributed by atoms with E-state index in [9.17, 15) is 0 Å². The van der Waals surface area contributed by atoms with Gasteiger partial charge in [-0.25, -0.2) is 9.67 Å². The summed E-state index contributed by atoms with van der Waals surface area (Å²) in [5.41, 5.74) is 6.25. The van der Waals surface area contributed by atoms with E-state index >= 15 is 0 Å². The van der Waals surface area contributed by atoms with Gasteiger partial charge in [0.1, 0.15) is 11.3 Å². The summed E-state index contributed by atoms with van der Waals surface area (Å²) in [6.07, 6.45) is 4.90. The third-order valence-corrected chi connectivity index (χ3v) is 2.50. The Labute approximate surface area is 99.5 Å². The minimum atomic E-state index is 0.180. The van der Waals surface area contributed by atoms with Crippen LogP contribution in [0, 0.1) is 0 Å². The topological polar surface area (TPSA) is 69.6 Å². The van der Waals surface area contributed by atoms with Gasteiger partial charge in [0.25, 0.3) is 0 Å². The van der Waals surface area contributed by atoms with E-state index in [4.69, 9.17) is 18.0 Å². The van der Waals surface area contributed by atoms with Crippen molar-refractivity contribution in [1.82, 2.24) is 19.7 Å². The van der Waals surface area contributed by atoms with Crippen molar-refractivity contribution in [2.24, 2.45) is 5.73 Å². The SMILES string of the molecule is NC(=S)c1ncn(-c2ccncc2Br)n1. The molecule has 5 nitrogen and oxygen atoms in total. The lowest BCUT2D eigenvalue weighted by molar-refractivity contribution is 0.867.